The number of ether oxygens (including phenoxy) is 1. The molecule has 0 spiro atoms. The van der Waals surface area contributed by atoms with Crippen molar-refractivity contribution in [3.05, 3.63) is 162 Å². The van der Waals surface area contributed by atoms with Gasteiger partial charge in [-0.05, 0) is 86.3 Å². The van der Waals surface area contributed by atoms with E-state index < -0.39 is 77.9 Å². The molecule has 6 aromatic rings. The van der Waals surface area contributed by atoms with Crippen molar-refractivity contribution < 1.29 is 62.2 Å². The number of aromatic amines is 2. The van der Waals surface area contributed by atoms with E-state index in [9.17, 15) is 47.8 Å². The molecule has 2 aromatic heterocycles. The number of hydrogen-bond donors (Lipinski definition) is 8. The van der Waals surface area contributed by atoms with Crippen LogP contribution in [0.2, 0.25) is 10.0 Å². The first kappa shape index (κ1) is 54.6. The van der Waals surface area contributed by atoms with Gasteiger partial charge >= 0.3 is 23.8 Å². The molecule has 23 heteroatoms. The first-order valence-corrected chi connectivity index (χ1v) is 21.4. The number of carbonyl (C=O) groups is 4. The molecule has 2 atom stereocenters. The van der Waals surface area contributed by atoms with Crippen molar-refractivity contribution in [1.29, 1.82) is 0 Å². The number of hydrogen-bond acceptors (Lipinski definition) is 14. The highest BCUT2D eigenvalue weighted by molar-refractivity contribution is 6.31. The van der Waals surface area contributed by atoms with Gasteiger partial charge in [-0.1, -0.05) is 71.7 Å². The summed E-state index contributed by atoms with van der Waals surface area (Å²) in [5.74, 6) is -6.03. The highest BCUT2D eigenvalue weighted by Crippen LogP contribution is 2.27. The number of rotatable bonds is 17. The van der Waals surface area contributed by atoms with Crippen LogP contribution in [-0.2, 0) is 27.4 Å². The summed E-state index contributed by atoms with van der Waals surface area (Å²) in [5, 5.41) is 44.0. The smallest absolute Gasteiger partial charge is 0.336 e. The number of halogens is 4. The Labute approximate surface area is 401 Å². The molecule has 6 rings (SSSR count). The summed E-state index contributed by atoms with van der Waals surface area (Å²) in [6, 6.07) is 24.5. The van der Waals surface area contributed by atoms with Crippen LogP contribution in [0.4, 0.5) is 8.78 Å². The van der Waals surface area contributed by atoms with Gasteiger partial charge in [-0.2, -0.15) is 10.3 Å². The second kappa shape index (κ2) is 26.0. The number of aliphatic hydroxyl groups excluding tert-OH is 3. The van der Waals surface area contributed by atoms with Crippen LogP contribution in [0.15, 0.2) is 116 Å². The zero-order chi connectivity index (χ0) is 50.9. The largest absolute Gasteiger partial charge is 0.479 e. The first-order chi connectivity index (χ1) is 32.6. The van der Waals surface area contributed by atoms with E-state index in [1.54, 1.807) is 88.4 Å². The van der Waals surface area contributed by atoms with E-state index in [1.807, 2.05) is 10.3 Å². The van der Waals surface area contributed by atoms with Crippen LogP contribution in [0.3, 0.4) is 0 Å². The van der Waals surface area contributed by atoms with Gasteiger partial charge in [0.15, 0.2) is 12.2 Å². The summed E-state index contributed by atoms with van der Waals surface area (Å²) in [5.41, 5.74) is 6.31. The number of aliphatic carboxylic acids is 1. The molecule has 2 heterocycles. The number of aliphatic hydroxyl groups is 3. The minimum absolute atomic E-state index is 0.124. The fourth-order valence-electron chi connectivity index (χ4n) is 5.83. The maximum Gasteiger partial charge on any atom is 0.336 e. The van der Waals surface area contributed by atoms with Gasteiger partial charge in [0, 0.05) is 40.4 Å². The van der Waals surface area contributed by atoms with Crippen LogP contribution < -0.4 is 22.0 Å². The fraction of sp³-hybridized carbons (Fsp3) is 0.261. The summed E-state index contributed by atoms with van der Waals surface area (Å²) in [4.78, 5) is 70.1. The number of hydrazine groups is 2. The summed E-state index contributed by atoms with van der Waals surface area (Å²) >= 11 is 12.0. The van der Waals surface area contributed by atoms with Crippen molar-refractivity contribution in [2.24, 2.45) is 0 Å². The minimum atomic E-state index is -1.85. The van der Waals surface area contributed by atoms with Gasteiger partial charge in [-0.25, -0.2) is 28.4 Å². The zero-order valence-corrected chi connectivity index (χ0v) is 38.8. The Bertz CT molecular complexity index is 2810. The van der Waals surface area contributed by atoms with E-state index in [4.69, 9.17) is 42.7 Å². The van der Waals surface area contributed by atoms with Crippen molar-refractivity contribution in [2.45, 2.75) is 65.2 Å². The van der Waals surface area contributed by atoms with Crippen LogP contribution in [-0.4, -0.2) is 102 Å². The zero-order valence-electron chi connectivity index (χ0n) is 37.2. The average Bonchev–Trinajstić information content (AvgIpc) is 3.92. The summed E-state index contributed by atoms with van der Waals surface area (Å²) in [6.07, 6.45) is -4.11. The first-order valence-electron chi connectivity index (χ1n) is 20.6. The third-order valence-electron chi connectivity index (χ3n) is 8.85. The van der Waals surface area contributed by atoms with Crippen molar-refractivity contribution in [3.8, 4) is 22.3 Å². The summed E-state index contributed by atoms with van der Waals surface area (Å²) in [6.45, 7) is 5.23. The van der Waals surface area contributed by atoms with Crippen LogP contribution in [0.25, 0.3) is 22.3 Å². The molecule has 0 saturated carbocycles. The van der Waals surface area contributed by atoms with Gasteiger partial charge in [-0.15, -0.1) is 0 Å². The van der Waals surface area contributed by atoms with E-state index >= 15 is 0 Å². The second-order valence-corrected chi connectivity index (χ2v) is 16.3. The molecule has 19 nitrogen and oxygen atoms in total. The molecule has 69 heavy (non-hydrogen) atoms. The lowest BCUT2D eigenvalue weighted by atomic mass is 10.0. The van der Waals surface area contributed by atoms with Crippen molar-refractivity contribution in [1.82, 2.24) is 31.2 Å². The standard InChI is InChI=1S/C23H23ClFN3O6.C20H17ClFN3O6.C3H8O/c1-13(2)33-23(32)19(29)12-28(26-22(31)20-10-21(30)27-34-20)11-16-7-6-15(9-18(16)25)14-4-3-5-17(24)8-14;21-14-3-1-2-11(6-14)12-4-5-13(15(22)7-12)9-25(10-16(26)20(29)30)23-19(28)17-8-18(27)24-31-17;1-3(2)4/h3-10,13,19,29H,11-12H2,1-2H3,(H,26,31)(H,27,30);1-8,16,26H,9-10H2,(H,23,28)(H,24,27)(H,29,30);3-4H,1-2H3/t19-;16-;/m11./s1. The number of carboxylic acids is 1. The van der Waals surface area contributed by atoms with Crippen molar-refractivity contribution >= 4 is 47.0 Å². The lowest BCUT2D eigenvalue weighted by Gasteiger charge is -2.25. The van der Waals surface area contributed by atoms with E-state index in [1.165, 1.54) is 24.3 Å². The van der Waals surface area contributed by atoms with E-state index in [0.29, 0.717) is 26.7 Å². The Hall–Kier alpha value is -6.98. The highest BCUT2D eigenvalue weighted by Gasteiger charge is 2.26. The van der Waals surface area contributed by atoms with Crippen LogP contribution in [0, 0.1) is 11.6 Å². The number of benzene rings is 4. The highest BCUT2D eigenvalue weighted by atomic mass is 35.5. The van der Waals surface area contributed by atoms with E-state index in [2.05, 4.69) is 15.4 Å². The molecule has 368 valence electrons. The van der Waals surface area contributed by atoms with Crippen molar-refractivity contribution in [2.75, 3.05) is 13.1 Å². The molecule has 0 fully saturated rings. The predicted octanol–water partition coefficient (Wildman–Crippen LogP) is 5.29. The number of nitrogens with zero attached hydrogens (tertiary/aromatic N) is 2. The van der Waals surface area contributed by atoms with E-state index in [0.717, 1.165) is 27.7 Å². The molecule has 4 aromatic carbocycles. The number of nitrogens with one attached hydrogen (secondary N) is 4. The molecule has 8 N–H and O–H groups in total. The number of esters is 1. The molecule has 0 bridgehead atoms. The molecular weight excluding hydrogens is 953 g/mol. The third-order valence-corrected chi connectivity index (χ3v) is 9.32. The molecule has 0 aliphatic heterocycles. The Kier molecular flexibility index (Phi) is 20.6. The molecule has 0 unspecified atom stereocenters. The molecule has 2 amide bonds. The van der Waals surface area contributed by atoms with E-state index in [-0.39, 0.29) is 41.8 Å². The number of carbonyl (C=O) groups excluding carboxylic acids is 3. The molecule has 0 aliphatic carbocycles. The Balaban J connectivity index is 0.000000280. The SMILES string of the molecule is CC(C)O.CC(C)OC(=O)[C@H](O)CN(Cc1ccc(-c2cccc(Cl)c2)cc1F)NC(=O)c1cc(=O)[nH]o1.O=C(NN(Cc1ccc(-c2cccc(Cl)c2)cc1F)C[C@@H](O)C(=O)O)c1cc(=O)[nH]o1. The van der Waals surface area contributed by atoms with Gasteiger partial charge in [0.25, 0.3) is 11.1 Å². The van der Waals surface area contributed by atoms with Crippen LogP contribution >= 0.6 is 23.2 Å². The van der Waals surface area contributed by atoms with Gasteiger partial charge in [0.05, 0.1) is 31.3 Å². The third kappa shape index (κ3) is 17.9. The van der Waals surface area contributed by atoms with Crippen LogP contribution in [0.1, 0.15) is 59.9 Å². The number of aromatic nitrogens is 2. The maximum atomic E-state index is 14.9. The fourth-order valence-corrected chi connectivity index (χ4v) is 6.21. The maximum absolute atomic E-state index is 14.9. The Morgan fingerprint density at radius 1 is 0.638 bits per heavy atom. The number of H-pyrrole nitrogens is 2. The van der Waals surface area contributed by atoms with Gasteiger partial charge < -0.3 is 34.2 Å². The summed E-state index contributed by atoms with van der Waals surface area (Å²) in [7, 11) is 0. The topological polar surface area (TPSA) is 281 Å². The second-order valence-electron chi connectivity index (χ2n) is 15.4. The molecular formula is C46H48Cl2F2N6O13. The normalized spacial score (nSPS) is 11.9. The Morgan fingerprint density at radius 2 is 1.03 bits per heavy atom. The van der Waals surface area contributed by atoms with Gasteiger partial charge in [0.1, 0.15) is 11.6 Å². The van der Waals surface area contributed by atoms with Gasteiger partial charge in [0.2, 0.25) is 11.5 Å². The predicted molar refractivity (Wildman–Crippen MR) is 246 cm³/mol. The average molecular weight is 1000 g/mol. The minimum Gasteiger partial charge on any atom is -0.479 e. The lowest BCUT2D eigenvalue weighted by Crippen LogP contribution is -2.47. The quantitative estimate of drug-likeness (QED) is 0.0426. The molecule has 0 saturated heterocycles. The van der Waals surface area contributed by atoms with Crippen molar-refractivity contribution in [3.63, 3.8) is 0 Å². The monoisotopic (exact) mass is 1000 g/mol. The molecule has 0 aliphatic rings. The lowest BCUT2D eigenvalue weighted by molar-refractivity contribution is -0.159. The van der Waals surface area contributed by atoms with Gasteiger partial charge in [-0.3, -0.25) is 30.0 Å². The Morgan fingerprint density at radius 3 is 1.36 bits per heavy atom. The number of carboxylic acid groups (broad SMARTS) is 1. The molecule has 0 radical (unpaired) electrons. The number of amides is 2. The summed E-state index contributed by atoms with van der Waals surface area (Å²) < 4.78 is 44.1. The van der Waals surface area contributed by atoms with Crippen LogP contribution in [0.5, 0.6) is 0 Å².